The van der Waals surface area contributed by atoms with Crippen molar-refractivity contribution >= 4 is 29.2 Å². The molecule has 0 radical (unpaired) electrons. The van der Waals surface area contributed by atoms with Gasteiger partial charge in [-0.05, 0) is 42.3 Å². The molecule has 4 heteroatoms. The zero-order valence-corrected chi connectivity index (χ0v) is 15.5. The van der Waals surface area contributed by atoms with Crippen LogP contribution in [0.3, 0.4) is 0 Å². The molecule has 0 fully saturated rings. The van der Waals surface area contributed by atoms with Gasteiger partial charge in [-0.15, -0.1) is 0 Å². The highest BCUT2D eigenvalue weighted by Crippen LogP contribution is 2.20. The van der Waals surface area contributed by atoms with Crippen LogP contribution in [0, 0.1) is 0 Å². The zero-order chi connectivity index (χ0) is 18.2. The molecule has 26 heavy (non-hydrogen) atoms. The number of hydrogen-bond donors (Lipinski definition) is 1. The molecule has 1 N–H and O–H groups in total. The fourth-order valence-electron chi connectivity index (χ4n) is 2.69. The highest BCUT2D eigenvalue weighted by Gasteiger charge is 2.05. The summed E-state index contributed by atoms with van der Waals surface area (Å²) < 4.78 is 0. The van der Waals surface area contributed by atoms with Gasteiger partial charge in [0.25, 0.3) is 0 Å². The van der Waals surface area contributed by atoms with Gasteiger partial charge in [0.05, 0.1) is 16.9 Å². The first-order valence-corrected chi connectivity index (χ1v) is 9.06. The fourth-order valence-corrected chi connectivity index (χ4v) is 2.87. The molecule has 0 spiro atoms. The van der Waals surface area contributed by atoms with Crippen LogP contribution in [0.25, 0.3) is 0 Å². The first kappa shape index (κ1) is 18.0. The number of halogens is 1. The van der Waals surface area contributed by atoms with Crippen LogP contribution in [-0.4, -0.2) is 12.8 Å². The Balaban J connectivity index is 1.63. The summed E-state index contributed by atoms with van der Waals surface area (Å²) in [5.74, 6) is 0. The molecule has 132 valence electrons. The Morgan fingerprint density at radius 3 is 2.31 bits per heavy atom. The minimum atomic E-state index is 0.652. The number of anilines is 2. The fraction of sp³-hybridized carbons (Fsp3) is 0.136. The van der Waals surface area contributed by atoms with Crippen LogP contribution in [0.2, 0.25) is 5.02 Å². The van der Waals surface area contributed by atoms with Crippen molar-refractivity contribution in [1.82, 2.24) is 0 Å². The van der Waals surface area contributed by atoms with Gasteiger partial charge in [0, 0.05) is 18.8 Å². The van der Waals surface area contributed by atoms with Gasteiger partial charge in [-0.3, -0.25) is 5.43 Å². The van der Waals surface area contributed by atoms with Gasteiger partial charge in [-0.1, -0.05) is 66.2 Å². The predicted octanol–water partition coefficient (Wildman–Crippen LogP) is 5.81. The van der Waals surface area contributed by atoms with Gasteiger partial charge < -0.3 is 4.90 Å². The lowest BCUT2D eigenvalue weighted by Crippen LogP contribution is -2.21. The lowest BCUT2D eigenvalue weighted by atomic mass is 10.1. The SMILES string of the molecule is CCN(Cc1ccccc1)c1ccc(/C=N/Nc2ccccc2Cl)cc1. The Hall–Kier alpha value is -2.78. The van der Waals surface area contributed by atoms with Gasteiger partial charge in [-0.25, -0.2) is 0 Å². The second kappa shape index (κ2) is 9.07. The van der Waals surface area contributed by atoms with E-state index in [-0.39, 0.29) is 0 Å². The molecule has 3 rings (SSSR count). The summed E-state index contributed by atoms with van der Waals surface area (Å²) in [6, 6.07) is 26.5. The van der Waals surface area contributed by atoms with Crippen LogP contribution in [0.1, 0.15) is 18.1 Å². The number of benzene rings is 3. The summed E-state index contributed by atoms with van der Waals surface area (Å²) in [6.07, 6.45) is 1.79. The minimum Gasteiger partial charge on any atom is -0.367 e. The van der Waals surface area contributed by atoms with Crippen molar-refractivity contribution in [2.24, 2.45) is 5.10 Å². The third-order valence-corrected chi connectivity index (χ3v) is 4.46. The molecule has 0 amide bonds. The molecule has 0 saturated heterocycles. The lowest BCUT2D eigenvalue weighted by Gasteiger charge is -2.23. The number of para-hydroxylation sites is 1. The molecule has 0 aliphatic rings. The summed E-state index contributed by atoms with van der Waals surface area (Å²) in [4.78, 5) is 2.35. The van der Waals surface area contributed by atoms with Crippen LogP contribution in [0.5, 0.6) is 0 Å². The smallest absolute Gasteiger partial charge is 0.0748 e. The average Bonchev–Trinajstić information content (AvgIpc) is 2.69. The molecule has 0 aliphatic carbocycles. The van der Waals surface area contributed by atoms with Crippen LogP contribution in [0.15, 0.2) is 84.0 Å². The largest absolute Gasteiger partial charge is 0.367 e. The molecule has 0 bridgehead atoms. The van der Waals surface area contributed by atoms with Crippen molar-refractivity contribution in [3.8, 4) is 0 Å². The van der Waals surface area contributed by atoms with E-state index in [0.717, 1.165) is 24.3 Å². The monoisotopic (exact) mass is 363 g/mol. The van der Waals surface area contributed by atoms with Crippen molar-refractivity contribution in [3.63, 3.8) is 0 Å². The van der Waals surface area contributed by atoms with E-state index >= 15 is 0 Å². The summed E-state index contributed by atoms with van der Waals surface area (Å²) >= 11 is 6.10. The molecule has 3 aromatic carbocycles. The van der Waals surface area contributed by atoms with E-state index in [1.54, 1.807) is 6.21 Å². The van der Waals surface area contributed by atoms with E-state index in [1.165, 1.54) is 11.3 Å². The van der Waals surface area contributed by atoms with E-state index in [1.807, 2.05) is 30.3 Å². The van der Waals surface area contributed by atoms with Gasteiger partial charge in [0.2, 0.25) is 0 Å². The maximum Gasteiger partial charge on any atom is 0.0748 e. The van der Waals surface area contributed by atoms with Crippen LogP contribution in [-0.2, 0) is 6.54 Å². The summed E-state index contributed by atoms with van der Waals surface area (Å²) in [6.45, 7) is 4.03. The second-order valence-corrected chi connectivity index (χ2v) is 6.35. The molecular weight excluding hydrogens is 342 g/mol. The van der Waals surface area contributed by atoms with Crippen molar-refractivity contribution in [2.45, 2.75) is 13.5 Å². The molecule has 0 atom stereocenters. The quantitative estimate of drug-likeness (QED) is 0.423. The molecule has 3 aromatic rings. The molecule has 3 nitrogen and oxygen atoms in total. The highest BCUT2D eigenvalue weighted by molar-refractivity contribution is 6.33. The summed E-state index contributed by atoms with van der Waals surface area (Å²) in [7, 11) is 0. The Morgan fingerprint density at radius 2 is 1.62 bits per heavy atom. The number of nitrogens with one attached hydrogen (secondary N) is 1. The van der Waals surface area contributed by atoms with Gasteiger partial charge >= 0.3 is 0 Å². The summed E-state index contributed by atoms with van der Waals surface area (Å²) in [5, 5.41) is 4.91. The maximum absolute atomic E-state index is 6.10. The Kier molecular flexibility index (Phi) is 6.29. The minimum absolute atomic E-state index is 0.652. The first-order chi connectivity index (χ1) is 12.8. The van der Waals surface area contributed by atoms with E-state index in [4.69, 9.17) is 11.6 Å². The van der Waals surface area contributed by atoms with Crippen LogP contribution in [0.4, 0.5) is 11.4 Å². The molecule has 0 unspecified atom stereocenters. The third kappa shape index (κ3) is 4.87. The number of rotatable bonds is 7. The molecule has 0 aliphatic heterocycles. The van der Waals surface area contributed by atoms with Crippen LogP contribution >= 0.6 is 11.6 Å². The Morgan fingerprint density at radius 1 is 0.923 bits per heavy atom. The Labute approximate surface area is 159 Å². The van der Waals surface area contributed by atoms with Crippen molar-refractivity contribution < 1.29 is 0 Å². The van der Waals surface area contributed by atoms with Gasteiger partial charge in [0.1, 0.15) is 0 Å². The van der Waals surface area contributed by atoms with Crippen molar-refractivity contribution in [3.05, 3.63) is 95.0 Å². The van der Waals surface area contributed by atoms with Gasteiger partial charge in [-0.2, -0.15) is 5.10 Å². The molecule has 0 aromatic heterocycles. The van der Waals surface area contributed by atoms with Crippen molar-refractivity contribution in [1.29, 1.82) is 0 Å². The second-order valence-electron chi connectivity index (χ2n) is 5.94. The molecular formula is C22H22ClN3. The van der Waals surface area contributed by atoms with Gasteiger partial charge in [0.15, 0.2) is 0 Å². The molecule has 0 heterocycles. The predicted molar refractivity (Wildman–Crippen MR) is 112 cm³/mol. The van der Waals surface area contributed by atoms with E-state index < -0.39 is 0 Å². The Bertz CT molecular complexity index is 845. The number of nitrogens with zero attached hydrogens (tertiary/aromatic N) is 2. The van der Waals surface area contributed by atoms with E-state index in [0.29, 0.717) is 5.02 Å². The summed E-state index contributed by atoms with van der Waals surface area (Å²) in [5.41, 5.74) is 7.31. The zero-order valence-electron chi connectivity index (χ0n) is 14.8. The standard InChI is InChI=1S/C22H22ClN3/c1-2-26(17-19-8-4-3-5-9-19)20-14-12-18(13-15-20)16-24-25-22-11-7-6-10-21(22)23/h3-16,25H,2,17H2,1H3/b24-16+. The normalized spacial score (nSPS) is 10.8. The highest BCUT2D eigenvalue weighted by atomic mass is 35.5. The van der Waals surface area contributed by atoms with Crippen LogP contribution < -0.4 is 10.3 Å². The first-order valence-electron chi connectivity index (χ1n) is 8.69. The maximum atomic E-state index is 6.10. The topological polar surface area (TPSA) is 27.6 Å². The number of hydrogen-bond acceptors (Lipinski definition) is 3. The lowest BCUT2D eigenvalue weighted by molar-refractivity contribution is 0.832. The molecule has 0 saturated carbocycles. The van der Waals surface area contributed by atoms with E-state index in [2.05, 4.69) is 70.9 Å². The van der Waals surface area contributed by atoms with E-state index in [9.17, 15) is 0 Å². The third-order valence-electron chi connectivity index (χ3n) is 4.13. The number of hydrazone groups is 1. The van der Waals surface area contributed by atoms with Crippen molar-refractivity contribution in [2.75, 3.05) is 16.9 Å². The average molecular weight is 364 g/mol.